The van der Waals surface area contributed by atoms with Crippen molar-refractivity contribution >= 4 is 5.97 Å². The van der Waals surface area contributed by atoms with E-state index in [9.17, 15) is 9.90 Å². The third kappa shape index (κ3) is 2.55. The zero-order valence-corrected chi connectivity index (χ0v) is 12.2. The molecule has 0 bridgehead atoms. The number of carbonyl (C=O) groups is 1. The summed E-state index contributed by atoms with van der Waals surface area (Å²) in [5.74, 6) is 0.439. The number of aromatic nitrogens is 3. The molecule has 110 valence electrons. The molecule has 5 nitrogen and oxygen atoms in total. The SMILES string of the molecule is CCCc1nccn1-c1nc2c(cc1C(=O)O)CCCC2. The van der Waals surface area contributed by atoms with E-state index in [1.54, 1.807) is 18.5 Å². The van der Waals surface area contributed by atoms with Crippen LogP contribution in [0.1, 0.15) is 53.6 Å². The Kier molecular flexibility index (Phi) is 3.73. The molecule has 3 rings (SSSR count). The van der Waals surface area contributed by atoms with Crippen molar-refractivity contribution in [2.45, 2.75) is 45.4 Å². The smallest absolute Gasteiger partial charge is 0.339 e. The molecular weight excluding hydrogens is 266 g/mol. The van der Waals surface area contributed by atoms with E-state index in [2.05, 4.69) is 16.9 Å². The third-order valence-corrected chi connectivity index (χ3v) is 3.93. The van der Waals surface area contributed by atoms with Crippen LogP contribution in [0.5, 0.6) is 0 Å². The number of aryl methyl sites for hydroxylation is 3. The number of hydrogen-bond donors (Lipinski definition) is 1. The summed E-state index contributed by atoms with van der Waals surface area (Å²) in [4.78, 5) is 20.6. The number of aromatic carboxylic acids is 1. The first kappa shape index (κ1) is 13.8. The summed E-state index contributed by atoms with van der Waals surface area (Å²) in [5.41, 5.74) is 2.39. The molecule has 0 saturated heterocycles. The summed E-state index contributed by atoms with van der Waals surface area (Å²) in [6.07, 6.45) is 9.37. The molecule has 2 heterocycles. The third-order valence-electron chi connectivity index (χ3n) is 3.93. The van der Waals surface area contributed by atoms with Crippen LogP contribution >= 0.6 is 0 Å². The monoisotopic (exact) mass is 285 g/mol. The molecule has 0 saturated carbocycles. The van der Waals surface area contributed by atoms with Crippen LogP contribution in [0.2, 0.25) is 0 Å². The molecule has 2 aromatic rings. The van der Waals surface area contributed by atoms with Gasteiger partial charge in [0.2, 0.25) is 0 Å². The summed E-state index contributed by atoms with van der Waals surface area (Å²) < 4.78 is 1.82. The van der Waals surface area contributed by atoms with E-state index >= 15 is 0 Å². The molecule has 2 aromatic heterocycles. The molecule has 0 amide bonds. The maximum atomic E-state index is 11.6. The van der Waals surface area contributed by atoms with Crippen LogP contribution in [0.3, 0.4) is 0 Å². The van der Waals surface area contributed by atoms with Crippen LogP contribution in [0.25, 0.3) is 5.82 Å². The minimum Gasteiger partial charge on any atom is -0.478 e. The highest BCUT2D eigenvalue weighted by atomic mass is 16.4. The van der Waals surface area contributed by atoms with Gasteiger partial charge >= 0.3 is 5.97 Å². The summed E-state index contributed by atoms with van der Waals surface area (Å²) in [6, 6.07) is 1.80. The van der Waals surface area contributed by atoms with Crippen LogP contribution in [-0.4, -0.2) is 25.6 Å². The molecule has 5 heteroatoms. The first-order valence-corrected chi connectivity index (χ1v) is 7.49. The van der Waals surface area contributed by atoms with Crippen LogP contribution in [0.15, 0.2) is 18.5 Å². The second kappa shape index (κ2) is 5.68. The maximum Gasteiger partial charge on any atom is 0.339 e. The predicted octanol–water partition coefficient (Wildman–Crippen LogP) is 2.80. The molecule has 0 radical (unpaired) electrons. The first-order valence-electron chi connectivity index (χ1n) is 7.49. The Bertz CT molecular complexity index is 676. The molecule has 0 aliphatic heterocycles. The van der Waals surface area contributed by atoms with Crippen molar-refractivity contribution in [3.63, 3.8) is 0 Å². The van der Waals surface area contributed by atoms with Crippen molar-refractivity contribution in [1.82, 2.24) is 14.5 Å². The highest BCUT2D eigenvalue weighted by molar-refractivity contribution is 5.91. The Labute approximate surface area is 123 Å². The van der Waals surface area contributed by atoms with Gasteiger partial charge in [0.15, 0.2) is 5.82 Å². The van der Waals surface area contributed by atoms with Gasteiger partial charge in [0.25, 0.3) is 0 Å². The summed E-state index contributed by atoms with van der Waals surface area (Å²) in [7, 11) is 0. The fourth-order valence-electron chi connectivity index (χ4n) is 2.90. The minimum atomic E-state index is -0.929. The van der Waals surface area contributed by atoms with Crippen LogP contribution < -0.4 is 0 Å². The van der Waals surface area contributed by atoms with Crippen molar-refractivity contribution in [3.05, 3.63) is 41.1 Å². The van der Waals surface area contributed by atoms with Crippen molar-refractivity contribution in [2.75, 3.05) is 0 Å². The Morgan fingerprint density at radius 1 is 1.38 bits per heavy atom. The molecule has 1 aliphatic rings. The predicted molar refractivity (Wildman–Crippen MR) is 79.0 cm³/mol. The number of rotatable bonds is 4. The average molecular weight is 285 g/mol. The quantitative estimate of drug-likeness (QED) is 0.938. The minimum absolute atomic E-state index is 0.269. The zero-order valence-electron chi connectivity index (χ0n) is 12.2. The van der Waals surface area contributed by atoms with Gasteiger partial charge in [-0.25, -0.2) is 14.8 Å². The van der Waals surface area contributed by atoms with Gasteiger partial charge in [-0.05, 0) is 43.7 Å². The summed E-state index contributed by atoms with van der Waals surface area (Å²) >= 11 is 0. The molecule has 1 aliphatic carbocycles. The van der Waals surface area contributed by atoms with Crippen LogP contribution in [-0.2, 0) is 19.3 Å². The van der Waals surface area contributed by atoms with Crippen LogP contribution in [0, 0.1) is 0 Å². The molecule has 0 spiro atoms. The van der Waals surface area contributed by atoms with E-state index in [4.69, 9.17) is 0 Å². The van der Waals surface area contributed by atoms with E-state index in [0.717, 1.165) is 55.6 Å². The molecule has 0 atom stereocenters. The molecule has 0 unspecified atom stereocenters. The van der Waals surface area contributed by atoms with Gasteiger partial charge in [0.05, 0.1) is 0 Å². The molecule has 0 fully saturated rings. The van der Waals surface area contributed by atoms with E-state index in [-0.39, 0.29) is 5.56 Å². The van der Waals surface area contributed by atoms with E-state index in [1.807, 2.05) is 4.57 Å². The molecule has 21 heavy (non-hydrogen) atoms. The van der Waals surface area contributed by atoms with Crippen molar-refractivity contribution in [3.8, 4) is 5.82 Å². The zero-order chi connectivity index (χ0) is 14.8. The number of pyridine rings is 1. The highest BCUT2D eigenvalue weighted by Crippen LogP contribution is 2.25. The lowest BCUT2D eigenvalue weighted by molar-refractivity contribution is 0.0696. The summed E-state index contributed by atoms with van der Waals surface area (Å²) in [5, 5.41) is 9.51. The van der Waals surface area contributed by atoms with Crippen molar-refractivity contribution < 1.29 is 9.90 Å². The first-order chi connectivity index (χ1) is 10.2. The second-order valence-corrected chi connectivity index (χ2v) is 5.44. The average Bonchev–Trinajstić information content (AvgIpc) is 2.94. The number of imidazole rings is 1. The Hall–Kier alpha value is -2.17. The fraction of sp³-hybridized carbons (Fsp3) is 0.438. The van der Waals surface area contributed by atoms with Gasteiger partial charge in [0, 0.05) is 24.5 Å². The number of hydrogen-bond acceptors (Lipinski definition) is 3. The van der Waals surface area contributed by atoms with E-state index in [1.165, 1.54) is 0 Å². The Balaban J connectivity index is 2.15. The topological polar surface area (TPSA) is 68.0 Å². The fourth-order valence-corrected chi connectivity index (χ4v) is 2.90. The molecule has 1 N–H and O–H groups in total. The lowest BCUT2D eigenvalue weighted by Crippen LogP contribution is -2.15. The van der Waals surface area contributed by atoms with E-state index in [0.29, 0.717) is 5.82 Å². The van der Waals surface area contributed by atoms with Gasteiger partial charge in [-0.3, -0.25) is 4.57 Å². The standard InChI is InChI=1S/C16H19N3O2/c1-2-5-14-17-8-9-19(14)15-12(16(20)21)10-11-6-3-4-7-13(11)18-15/h8-10H,2-7H2,1H3,(H,20,21). The second-order valence-electron chi connectivity index (χ2n) is 5.44. The van der Waals surface area contributed by atoms with Gasteiger partial charge in [-0.1, -0.05) is 6.92 Å². The van der Waals surface area contributed by atoms with Crippen molar-refractivity contribution in [2.24, 2.45) is 0 Å². The van der Waals surface area contributed by atoms with E-state index < -0.39 is 5.97 Å². The lowest BCUT2D eigenvalue weighted by Gasteiger charge is -2.18. The number of carboxylic acid groups (broad SMARTS) is 1. The highest BCUT2D eigenvalue weighted by Gasteiger charge is 2.21. The largest absolute Gasteiger partial charge is 0.478 e. The molecular formula is C16H19N3O2. The van der Waals surface area contributed by atoms with Gasteiger partial charge in [-0.2, -0.15) is 0 Å². The van der Waals surface area contributed by atoms with Gasteiger partial charge < -0.3 is 5.11 Å². The Morgan fingerprint density at radius 3 is 2.95 bits per heavy atom. The maximum absolute atomic E-state index is 11.6. The number of carboxylic acids is 1. The summed E-state index contributed by atoms with van der Waals surface area (Å²) in [6.45, 7) is 2.08. The number of fused-ring (bicyclic) bond motifs is 1. The normalized spacial score (nSPS) is 14.0. The van der Waals surface area contributed by atoms with Crippen molar-refractivity contribution in [1.29, 1.82) is 0 Å². The number of nitrogens with zero attached hydrogens (tertiary/aromatic N) is 3. The lowest BCUT2D eigenvalue weighted by atomic mass is 9.94. The van der Waals surface area contributed by atoms with Crippen LogP contribution in [0.4, 0.5) is 0 Å². The molecule has 0 aromatic carbocycles. The Morgan fingerprint density at radius 2 is 2.19 bits per heavy atom. The van der Waals surface area contributed by atoms with Gasteiger partial charge in [0.1, 0.15) is 11.4 Å². The van der Waals surface area contributed by atoms with Gasteiger partial charge in [-0.15, -0.1) is 0 Å².